The van der Waals surface area contributed by atoms with E-state index in [9.17, 15) is 0 Å². The average molecular weight is 275 g/mol. The molecular weight excluding hydrogens is 246 g/mol. The number of rotatable bonds is 7. The van der Waals surface area contributed by atoms with Crippen molar-refractivity contribution in [3.05, 3.63) is 35.9 Å². The lowest BCUT2D eigenvalue weighted by atomic mass is 9.80. The molecule has 20 heavy (non-hydrogen) atoms. The molecule has 1 aliphatic rings. The summed E-state index contributed by atoms with van der Waals surface area (Å²) < 4.78 is 5.66. The fourth-order valence-corrected chi connectivity index (χ4v) is 3.11. The smallest absolute Gasteiger partial charge is 0.0591 e. The topological polar surface area (TPSA) is 21.3 Å². The molecule has 2 rings (SSSR count). The van der Waals surface area contributed by atoms with E-state index < -0.39 is 0 Å². The Morgan fingerprint density at radius 1 is 1.15 bits per heavy atom. The first-order valence-corrected chi connectivity index (χ1v) is 8.13. The van der Waals surface area contributed by atoms with Crippen molar-refractivity contribution >= 4 is 0 Å². The molecule has 1 aromatic rings. The highest BCUT2D eigenvalue weighted by atomic mass is 16.5. The van der Waals surface area contributed by atoms with Crippen molar-refractivity contribution < 1.29 is 4.74 Å². The Hall–Kier alpha value is -0.860. The molecule has 0 aliphatic heterocycles. The van der Waals surface area contributed by atoms with Crippen LogP contribution in [0.25, 0.3) is 0 Å². The molecule has 2 unspecified atom stereocenters. The molecule has 1 aromatic carbocycles. The Morgan fingerprint density at radius 2 is 1.90 bits per heavy atom. The lowest BCUT2D eigenvalue weighted by molar-refractivity contribution is 0.108. The highest BCUT2D eigenvalue weighted by molar-refractivity contribution is 5.21. The average Bonchev–Trinajstić information content (AvgIpc) is 2.48. The number of ether oxygens (including phenoxy) is 1. The van der Waals surface area contributed by atoms with E-state index in [1.54, 1.807) is 0 Å². The van der Waals surface area contributed by atoms with Gasteiger partial charge in [0.25, 0.3) is 0 Å². The zero-order chi connectivity index (χ0) is 14.2. The molecule has 1 aliphatic carbocycles. The zero-order valence-electron chi connectivity index (χ0n) is 13.0. The van der Waals surface area contributed by atoms with Crippen LogP contribution in [0.15, 0.2) is 30.3 Å². The third-order valence-electron chi connectivity index (χ3n) is 4.10. The summed E-state index contributed by atoms with van der Waals surface area (Å²) >= 11 is 0. The van der Waals surface area contributed by atoms with Gasteiger partial charge in [0, 0.05) is 19.2 Å². The van der Waals surface area contributed by atoms with E-state index in [4.69, 9.17) is 4.74 Å². The van der Waals surface area contributed by atoms with Crippen LogP contribution in [0.5, 0.6) is 0 Å². The van der Waals surface area contributed by atoms with Crippen molar-refractivity contribution in [2.75, 3.05) is 19.8 Å². The van der Waals surface area contributed by atoms with E-state index >= 15 is 0 Å². The molecule has 1 saturated carbocycles. The van der Waals surface area contributed by atoms with Crippen molar-refractivity contribution in [3.8, 4) is 0 Å². The summed E-state index contributed by atoms with van der Waals surface area (Å²) in [4.78, 5) is 0. The molecule has 1 fully saturated rings. The first-order valence-electron chi connectivity index (χ1n) is 8.13. The molecule has 1 N–H and O–H groups in total. The molecule has 0 bridgehead atoms. The van der Waals surface area contributed by atoms with Crippen molar-refractivity contribution in [3.63, 3.8) is 0 Å². The molecule has 2 nitrogen and oxygen atoms in total. The highest BCUT2D eigenvalue weighted by Crippen LogP contribution is 2.32. The van der Waals surface area contributed by atoms with Crippen LogP contribution >= 0.6 is 0 Å². The van der Waals surface area contributed by atoms with Crippen LogP contribution in [0.1, 0.15) is 51.0 Å². The van der Waals surface area contributed by atoms with Crippen molar-refractivity contribution in [2.24, 2.45) is 5.92 Å². The summed E-state index contributed by atoms with van der Waals surface area (Å²) in [5.74, 6) is 1.30. The third-order valence-corrected chi connectivity index (χ3v) is 4.10. The number of hydrogen-bond acceptors (Lipinski definition) is 2. The monoisotopic (exact) mass is 275 g/mol. The van der Waals surface area contributed by atoms with E-state index in [1.165, 1.54) is 31.2 Å². The lowest BCUT2D eigenvalue weighted by Gasteiger charge is -2.32. The number of nitrogens with one attached hydrogen (secondary N) is 1. The normalized spacial score (nSPS) is 23.1. The van der Waals surface area contributed by atoms with Gasteiger partial charge >= 0.3 is 0 Å². The van der Waals surface area contributed by atoms with E-state index in [0.29, 0.717) is 17.9 Å². The number of benzene rings is 1. The lowest BCUT2D eigenvalue weighted by Crippen LogP contribution is -2.39. The van der Waals surface area contributed by atoms with Gasteiger partial charge in [-0.25, -0.2) is 0 Å². The Bertz CT molecular complexity index is 363. The van der Waals surface area contributed by atoms with Crippen LogP contribution in [0, 0.1) is 5.92 Å². The quantitative estimate of drug-likeness (QED) is 0.760. The Morgan fingerprint density at radius 3 is 2.65 bits per heavy atom. The maximum Gasteiger partial charge on any atom is 0.0591 e. The molecule has 0 radical (unpaired) electrons. The second kappa shape index (κ2) is 8.43. The third kappa shape index (κ3) is 4.92. The van der Waals surface area contributed by atoms with Gasteiger partial charge in [0.2, 0.25) is 0 Å². The molecule has 0 saturated heterocycles. The second-order valence-electron chi connectivity index (χ2n) is 6.33. The van der Waals surface area contributed by atoms with E-state index in [2.05, 4.69) is 49.5 Å². The second-order valence-corrected chi connectivity index (χ2v) is 6.33. The number of hydrogen-bond donors (Lipinski definition) is 1. The molecule has 0 heterocycles. The van der Waals surface area contributed by atoms with E-state index in [1.807, 2.05) is 0 Å². The molecular formula is C18H29NO. The van der Waals surface area contributed by atoms with Crippen LogP contribution in [0.3, 0.4) is 0 Å². The summed E-state index contributed by atoms with van der Waals surface area (Å²) in [6, 6.07) is 11.6. The van der Waals surface area contributed by atoms with Gasteiger partial charge < -0.3 is 10.1 Å². The van der Waals surface area contributed by atoms with E-state index in [-0.39, 0.29) is 0 Å². The molecule has 112 valence electrons. The van der Waals surface area contributed by atoms with Crippen LogP contribution in [-0.4, -0.2) is 25.8 Å². The first-order chi connectivity index (χ1) is 9.77. The SMILES string of the molecule is CC(C)COCCNC1CCCCC1c1ccccc1. The van der Waals surface area contributed by atoms with Crippen LogP contribution in [-0.2, 0) is 4.74 Å². The Kier molecular flexibility index (Phi) is 6.55. The highest BCUT2D eigenvalue weighted by Gasteiger charge is 2.25. The van der Waals surface area contributed by atoms with Gasteiger partial charge in [-0.3, -0.25) is 0 Å². The van der Waals surface area contributed by atoms with Crippen LogP contribution < -0.4 is 5.32 Å². The zero-order valence-corrected chi connectivity index (χ0v) is 13.0. The maximum absolute atomic E-state index is 5.66. The van der Waals surface area contributed by atoms with Gasteiger partial charge in [-0.1, -0.05) is 57.0 Å². The Balaban J connectivity index is 1.79. The van der Waals surface area contributed by atoms with Gasteiger partial charge in [0.05, 0.1) is 6.61 Å². The van der Waals surface area contributed by atoms with Gasteiger partial charge in [0.1, 0.15) is 0 Å². The summed E-state index contributed by atoms with van der Waals surface area (Å²) in [7, 11) is 0. The van der Waals surface area contributed by atoms with Gasteiger partial charge in [-0.2, -0.15) is 0 Å². The minimum atomic E-state index is 0.619. The summed E-state index contributed by atoms with van der Waals surface area (Å²) in [5, 5.41) is 3.72. The molecule has 2 atom stereocenters. The van der Waals surface area contributed by atoms with Crippen molar-refractivity contribution in [1.29, 1.82) is 0 Å². The molecule has 0 spiro atoms. The largest absolute Gasteiger partial charge is 0.380 e. The molecule has 0 aromatic heterocycles. The predicted octanol–water partition coefficient (Wildman–Crippen LogP) is 3.98. The van der Waals surface area contributed by atoms with Gasteiger partial charge in [-0.15, -0.1) is 0 Å². The standard InChI is InChI=1S/C18H29NO/c1-15(2)14-20-13-12-19-18-11-7-6-10-17(18)16-8-4-3-5-9-16/h3-5,8-9,15,17-19H,6-7,10-14H2,1-2H3. The van der Waals surface area contributed by atoms with Crippen LogP contribution in [0.4, 0.5) is 0 Å². The minimum Gasteiger partial charge on any atom is -0.380 e. The summed E-state index contributed by atoms with van der Waals surface area (Å²) in [5.41, 5.74) is 1.49. The molecule has 0 amide bonds. The fraction of sp³-hybridized carbons (Fsp3) is 0.667. The molecule has 2 heteroatoms. The summed E-state index contributed by atoms with van der Waals surface area (Å²) in [6.07, 6.45) is 5.33. The fourth-order valence-electron chi connectivity index (χ4n) is 3.11. The van der Waals surface area contributed by atoms with Crippen LogP contribution in [0.2, 0.25) is 0 Å². The minimum absolute atomic E-state index is 0.619. The summed E-state index contributed by atoms with van der Waals surface area (Å²) in [6.45, 7) is 7.06. The predicted molar refractivity (Wildman–Crippen MR) is 85.1 cm³/mol. The van der Waals surface area contributed by atoms with Gasteiger partial charge in [0.15, 0.2) is 0 Å². The maximum atomic E-state index is 5.66. The van der Waals surface area contributed by atoms with Crippen molar-refractivity contribution in [2.45, 2.75) is 51.5 Å². The van der Waals surface area contributed by atoms with Crippen molar-refractivity contribution in [1.82, 2.24) is 5.32 Å². The van der Waals surface area contributed by atoms with E-state index in [0.717, 1.165) is 19.8 Å². The van der Waals surface area contributed by atoms with Gasteiger partial charge in [-0.05, 0) is 30.2 Å². The Labute approximate surface area is 123 Å². The first kappa shape index (κ1) is 15.5.